The van der Waals surface area contributed by atoms with Gasteiger partial charge >= 0.3 is 0 Å². The second-order valence-corrected chi connectivity index (χ2v) is 8.48. The normalized spacial score (nSPS) is 15.9. The third-order valence-corrected chi connectivity index (χ3v) is 5.94. The van der Waals surface area contributed by atoms with E-state index in [1.807, 2.05) is 11.3 Å². The fraction of sp³-hybridized carbons (Fsp3) is 0.500. The molecule has 0 spiro atoms. The fourth-order valence-corrected chi connectivity index (χ4v) is 4.36. The molecule has 1 fully saturated rings. The van der Waals surface area contributed by atoms with Crippen molar-refractivity contribution in [3.63, 3.8) is 0 Å². The highest BCUT2D eigenvalue weighted by Gasteiger charge is 2.20. The zero-order valence-electron chi connectivity index (χ0n) is 17.3. The van der Waals surface area contributed by atoms with E-state index in [1.54, 1.807) is 0 Å². The van der Waals surface area contributed by atoms with Gasteiger partial charge in [0.15, 0.2) is 5.96 Å². The Morgan fingerprint density at radius 3 is 2.54 bits per heavy atom. The zero-order valence-corrected chi connectivity index (χ0v) is 18.1. The molecule has 3 rings (SSSR count). The highest BCUT2D eigenvalue weighted by atomic mass is 32.1. The molecule has 1 aliphatic rings. The smallest absolute Gasteiger partial charge is 0.191 e. The van der Waals surface area contributed by atoms with Crippen molar-refractivity contribution in [2.45, 2.75) is 38.9 Å². The average molecular weight is 400 g/mol. The van der Waals surface area contributed by atoms with Gasteiger partial charge in [-0.1, -0.05) is 24.3 Å². The number of thiophene rings is 1. The fourth-order valence-electron chi connectivity index (χ4n) is 3.58. The summed E-state index contributed by atoms with van der Waals surface area (Å²) in [4.78, 5) is 9.57. The Bertz CT molecular complexity index is 733. The van der Waals surface area contributed by atoms with Crippen LogP contribution in [0.2, 0.25) is 0 Å². The van der Waals surface area contributed by atoms with Crippen LogP contribution >= 0.6 is 11.3 Å². The largest absolute Gasteiger partial charge is 0.363 e. The maximum Gasteiger partial charge on any atom is 0.191 e. The van der Waals surface area contributed by atoms with Gasteiger partial charge in [-0.25, -0.2) is 4.99 Å². The lowest BCUT2D eigenvalue weighted by molar-refractivity contribution is 0.401. The summed E-state index contributed by atoms with van der Waals surface area (Å²) in [7, 11) is 4.21. The standard InChI is InChI=1S/C22H33N5S/c1-4-23-22(24-16-18-8-5-6-9-19(18)17-26(2)3)25-20-11-13-27(14-12-20)21-10-7-15-28-21/h5-10,15,20H,4,11-14,16-17H2,1-3H3,(H2,23,24,25). The monoisotopic (exact) mass is 399 g/mol. The molecule has 1 saturated heterocycles. The number of hydrogen-bond donors (Lipinski definition) is 2. The second-order valence-electron chi connectivity index (χ2n) is 7.56. The van der Waals surface area contributed by atoms with Gasteiger partial charge in [0.25, 0.3) is 0 Å². The summed E-state index contributed by atoms with van der Waals surface area (Å²) in [5.41, 5.74) is 2.64. The van der Waals surface area contributed by atoms with Crippen molar-refractivity contribution in [3.8, 4) is 0 Å². The number of hydrogen-bond acceptors (Lipinski definition) is 4. The predicted molar refractivity (Wildman–Crippen MR) is 121 cm³/mol. The van der Waals surface area contributed by atoms with Crippen LogP contribution in [0, 0.1) is 0 Å². The molecule has 28 heavy (non-hydrogen) atoms. The van der Waals surface area contributed by atoms with Crippen LogP contribution in [-0.2, 0) is 13.1 Å². The van der Waals surface area contributed by atoms with Crippen molar-refractivity contribution >= 4 is 22.3 Å². The molecular weight excluding hydrogens is 366 g/mol. The van der Waals surface area contributed by atoms with E-state index in [4.69, 9.17) is 4.99 Å². The quantitative estimate of drug-likeness (QED) is 0.552. The molecule has 1 aliphatic heterocycles. The number of nitrogens with zero attached hydrogens (tertiary/aromatic N) is 3. The minimum Gasteiger partial charge on any atom is -0.363 e. The molecule has 0 atom stereocenters. The first-order valence-corrected chi connectivity index (χ1v) is 11.1. The van der Waals surface area contributed by atoms with Gasteiger partial charge in [-0.2, -0.15) is 0 Å². The predicted octanol–water partition coefficient (Wildman–Crippen LogP) is 3.53. The van der Waals surface area contributed by atoms with Gasteiger partial charge in [-0.05, 0) is 62.5 Å². The molecule has 0 saturated carbocycles. The second kappa shape index (κ2) is 10.5. The maximum atomic E-state index is 4.88. The number of benzene rings is 1. The summed E-state index contributed by atoms with van der Waals surface area (Å²) in [5.74, 6) is 0.928. The summed E-state index contributed by atoms with van der Waals surface area (Å²) in [6, 6.07) is 13.4. The van der Waals surface area contributed by atoms with Crippen LogP contribution in [0.15, 0.2) is 46.8 Å². The molecule has 0 unspecified atom stereocenters. The van der Waals surface area contributed by atoms with Crippen molar-refractivity contribution in [1.82, 2.24) is 15.5 Å². The molecule has 0 bridgehead atoms. The van der Waals surface area contributed by atoms with E-state index >= 15 is 0 Å². The number of anilines is 1. The van der Waals surface area contributed by atoms with E-state index < -0.39 is 0 Å². The topological polar surface area (TPSA) is 42.9 Å². The van der Waals surface area contributed by atoms with Crippen LogP contribution in [0.5, 0.6) is 0 Å². The van der Waals surface area contributed by atoms with Crippen LogP contribution in [0.25, 0.3) is 0 Å². The number of guanidine groups is 1. The van der Waals surface area contributed by atoms with E-state index in [0.717, 1.165) is 45.0 Å². The van der Waals surface area contributed by atoms with Gasteiger partial charge in [0, 0.05) is 32.2 Å². The Balaban J connectivity index is 1.58. The summed E-state index contributed by atoms with van der Waals surface area (Å²) in [5, 5.41) is 10.6. The van der Waals surface area contributed by atoms with Crippen molar-refractivity contribution in [2.75, 3.05) is 38.6 Å². The highest BCUT2D eigenvalue weighted by Crippen LogP contribution is 2.24. The Kier molecular flexibility index (Phi) is 7.74. The van der Waals surface area contributed by atoms with Crippen molar-refractivity contribution in [1.29, 1.82) is 0 Å². The van der Waals surface area contributed by atoms with Crippen molar-refractivity contribution in [2.24, 2.45) is 4.99 Å². The molecule has 2 aromatic rings. The lowest BCUT2D eigenvalue weighted by Crippen LogP contribution is -2.48. The molecular formula is C22H33N5S. The van der Waals surface area contributed by atoms with Gasteiger partial charge in [0.1, 0.15) is 0 Å². The van der Waals surface area contributed by atoms with Gasteiger partial charge in [0.05, 0.1) is 11.5 Å². The molecule has 1 aromatic carbocycles. The van der Waals surface area contributed by atoms with Gasteiger partial charge in [-0.3, -0.25) is 0 Å². The lowest BCUT2D eigenvalue weighted by atomic mass is 10.1. The average Bonchev–Trinajstić information content (AvgIpc) is 3.22. The number of piperidine rings is 1. The first-order valence-electron chi connectivity index (χ1n) is 10.2. The van der Waals surface area contributed by atoms with Crippen LogP contribution < -0.4 is 15.5 Å². The summed E-state index contributed by atoms with van der Waals surface area (Å²) < 4.78 is 0. The molecule has 0 amide bonds. The molecule has 1 aromatic heterocycles. The van der Waals surface area contributed by atoms with E-state index in [-0.39, 0.29) is 0 Å². The minimum absolute atomic E-state index is 0.478. The summed E-state index contributed by atoms with van der Waals surface area (Å²) >= 11 is 1.83. The Morgan fingerprint density at radius 1 is 1.14 bits per heavy atom. The van der Waals surface area contributed by atoms with Crippen LogP contribution in [-0.4, -0.2) is 50.6 Å². The Morgan fingerprint density at radius 2 is 1.89 bits per heavy atom. The molecule has 2 N–H and O–H groups in total. The van der Waals surface area contributed by atoms with Gasteiger partial charge in [0.2, 0.25) is 0 Å². The van der Waals surface area contributed by atoms with Crippen LogP contribution in [0.4, 0.5) is 5.00 Å². The zero-order chi connectivity index (χ0) is 19.8. The van der Waals surface area contributed by atoms with E-state index in [0.29, 0.717) is 12.6 Å². The Labute approximate surface area is 173 Å². The molecule has 5 nitrogen and oxygen atoms in total. The number of nitrogens with one attached hydrogen (secondary N) is 2. The molecule has 0 radical (unpaired) electrons. The number of rotatable bonds is 7. The third kappa shape index (κ3) is 5.97. The Hall–Kier alpha value is -2.05. The van der Waals surface area contributed by atoms with Gasteiger partial charge in [-0.15, -0.1) is 11.3 Å². The van der Waals surface area contributed by atoms with Crippen LogP contribution in [0.3, 0.4) is 0 Å². The SMILES string of the molecule is CCNC(=NCc1ccccc1CN(C)C)NC1CCN(c2cccs2)CC1. The van der Waals surface area contributed by atoms with Crippen molar-refractivity contribution in [3.05, 3.63) is 52.9 Å². The molecule has 152 valence electrons. The molecule has 2 heterocycles. The highest BCUT2D eigenvalue weighted by molar-refractivity contribution is 7.14. The van der Waals surface area contributed by atoms with Crippen molar-refractivity contribution < 1.29 is 0 Å². The first kappa shape index (κ1) is 20.7. The first-order chi connectivity index (χ1) is 13.7. The summed E-state index contributed by atoms with van der Waals surface area (Å²) in [6.45, 7) is 6.84. The summed E-state index contributed by atoms with van der Waals surface area (Å²) in [6.07, 6.45) is 2.28. The maximum absolute atomic E-state index is 4.88. The van der Waals surface area contributed by atoms with E-state index in [1.165, 1.54) is 16.1 Å². The third-order valence-electron chi connectivity index (χ3n) is 5.01. The van der Waals surface area contributed by atoms with E-state index in [2.05, 4.69) is 83.2 Å². The minimum atomic E-state index is 0.478. The van der Waals surface area contributed by atoms with Crippen LogP contribution in [0.1, 0.15) is 30.9 Å². The van der Waals surface area contributed by atoms with E-state index in [9.17, 15) is 0 Å². The van der Waals surface area contributed by atoms with Gasteiger partial charge < -0.3 is 20.4 Å². The lowest BCUT2D eigenvalue weighted by Gasteiger charge is -2.33. The molecule has 6 heteroatoms. The molecule has 0 aliphatic carbocycles. The number of aliphatic imine (C=N–C) groups is 1.